The first kappa shape index (κ1) is 37.7. The van der Waals surface area contributed by atoms with Gasteiger partial charge in [-0.2, -0.15) is 0 Å². The number of hydrogen-bond acceptors (Lipinski definition) is 11. The Balaban J connectivity index is 2.71. The molecule has 1 fully saturated rings. The van der Waals surface area contributed by atoms with Crippen molar-refractivity contribution < 1.29 is 52.4 Å². The number of ether oxygens (including phenoxy) is 5. The zero-order valence-corrected chi connectivity index (χ0v) is 28.9. The molecule has 2 aliphatic rings. The number of rotatable bonds is 6. The lowest BCUT2D eigenvalue weighted by Gasteiger charge is -2.47. The van der Waals surface area contributed by atoms with Crippen LogP contribution in [-0.4, -0.2) is 107 Å². The molecule has 0 aromatic heterocycles. The molecule has 2 rings (SSSR count). The zero-order valence-electron chi connectivity index (χ0n) is 26.7. The number of halogens is 2. The number of aliphatic hydroxyl groups is 1. The van der Waals surface area contributed by atoms with Crippen LogP contribution in [0.3, 0.4) is 0 Å². The lowest BCUT2D eigenvalue weighted by molar-refractivity contribution is -0.293. The van der Waals surface area contributed by atoms with Crippen LogP contribution < -0.4 is 0 Å². The monoisotopic (exact) mass is 727 g/mol. The zero-order chi connectivity index (χ0) is 33.0. The summed E-state index contributed by atoms with van der Waals surface area (Å²) in [5.74, 6) is -4.95. The number of ketones is 2. The molecule has 13 heteroatoms. The van der Waals surface area contributed by atoms with Crippen LogP contribution in [0.5, 0.6) is 0 Å². The fourth-order valence-electron chi connectivity index (χ4n) is 5.97. The van der Waals surface area contributed by atoms with Crippen molar-refractivity contribution in [2.45, 2.75) is 122 Å². The number of alkyl halides is 1. The van der Waals surface area contributed by atoms with Gasteiger partial charge in [-0.25, -0.2) is 14.0 Å². The van der Waals surface area contributed by atoms with E-state index in [1.807, 2.05) is 25.9 Å². The predicted octanol–water partition coefficient (Wildman–Crippen LogP) is 3.95. The predicted molar refractivity (Wildman–Crippen MR) is 163 cm³/mol. The van der Waals surface area contributed by atoms with Gasteiger partial charge in [0.25, 0.3) is 5.67 Å². The van der Waals surface area contributed by atoms with Crippen LogP contribution in [0.1, 0.15) is 67.7 Å². The highest BCUT2D eigenvalue weighted by Crippen LogP contribution is 2.38. The molecule has 3 unspecified atom stereocenters. The van der Waals surface area contributed by atoms with E-state index in [0.29, 0.717) is 6.42 Å². The third-order valence-corrected chi connectivity index (χ3v) is 8.81. The summed E-state index contributed by atoms with van der Waals surface area (Å²) in [6, 6.07) is -0.321. The number of cyclic esters (lactones) is 1. The van der Waals surface area contributed by atoms with Crippen molar-refractivity contribution in [3.8, 4) is 0 Å². The minimum Gasteiger partial charge on any atom is -0.457 e. The van der Waals surface area contributed by atoms with Crippen molar-refractivity contribution in [2.24, 2.45) is 11.8 Å². The summed E-state index contributed by atoms with van der Waals surface area (Å²) in [4.78, 5) is 54.2. The fourth-order valence-corrected chi connectivity index (χ4v) is 6.26. The fraction of sp³-hybridized carbons (Fsp3) is 0.800. The van der Waals surface area contributed by atoms with Crippen LogP contribution in [-0.2, 0) is 38.1 Å². The first-order valence-corrected chi connectivity index (χ1v) is 15.6. The van der Waals surface area contributed by atoms with Gasteiger partial charge in [-0.3, -0.25) is 9.59 Å². The van der Waals surface area contributed by atoms with E-state index in [1.165, 1.54) is 49.6 Å². The number of likely N-dealkylation sites (N-methyl/N-ethyl adjacent to an activating group) is 1. The van der Waals surface area contributed by atoms with Gasteiger partial charge in [0, 0.05) is 18.9 Å². The molecule has 2 aliphatic heterocycles. The molecule has 246 valence electrons. The highest BCUT2D eigenvalue weighted by atomic mass is 127. The molecule has 1 N–H and O–H groups in total. The van der Waals surface area contributed by atoms with E-state index in [-0.39, 0.29) is 36.3 Å². The number of Topliss-reactive ketones (excluding diaryl/α,β-unsaturated/α-hetero) is 2. The van der Waals surface area contributed by atoms with Crippen LogP contribution in [0, 0.1) is 11.8 Å². The van der Waals surface area contributed by atoms with Gasteiger partial charge in [0.05, 0.1) is 46.4 Å². The Hall–Kier alpha value is -1.52. The average Bonchev–Trinajstić information content (AvgIpc) is 2.92. The number of nitrogens with zero attached hydrogens (tertiary/aromatic N) is 1. The normalized spacial score (nSPS) is 41.7. The third kappa shape index (κ3) is 8.81. The summed E-state index contributed by atoms with van der Waals surface area (Å²) >= 11 is 1.51. The summed E-state index contributed by atoms with van der Waals surface area (Å²) in [5, 5.41) is 10.7. The van der Waals surface area contributed by atoms with Gasteiger partial charge in [0.15, 0.2) is 24.0 Å². The number of allylic oxidation sites excluding steroid dienone is 1. The first-order valence-electron chi connectivity index (χ1n) is 14.5. The number of hydrogen-bond donors (Lipinski definition) is 1. The highest BCUT2D eigenvalue weighted by molar-refractivity contribution is 14.1. The Labute approximate surface area is 267 Å². The van der Waals surface area contributed by atoms with Crippen molar-refractivity contribution in [3.63, 3.8) is 0 Å². The maximum Gasteiger partial charge on any atom is 0.367 e. The molecule has 0 aromatic carbocycles. The van der Waals surface area contributed by atoms with Gasteiger partial charge in [0.1, 0.15) is 12.2 Å². The summed E-state index contributed by atoms with van der Waals surface area (Å²) in [7, 11) is 5.03. The molecule has 0 radical (unpaired) electrons. The van der Waals surface area contributed by atoms with Crippen molar-refractivity contribution in [2.75, 3.05) is 21.2 Å². The van der Waals surface area contributed by atoms with E-state index in [4.69, 9.17) is 23.7 Å². The molecule has 0 aliphatic carbocycles. The molecular weight excluding hydrogens is 680 g/mol. The molecular formula is C30H47FINO10. The molecule has 0 bridgehead atoms. The summed E-state index contributed by atoms with van der Waals surface area (Å²) < 4.78 is 45.0. The highest BCUT2D eigenvalue weighted by Gasteiger charge is 2.54. The van der Waals surface area contributed by atoms with Gasteiger partial charge in [-0.1, -0.05) is 20.8 Å². The van der Waals surface area contributed by atoms with Gasteiger partial charge >= 0.3 is 9.95 Å². The maximum atomic E-state index is 16.1. The van der Waals surface area contributed by atoms with Crippen molar-refractivity contribution >= 4 is 44.1 Å². The lowest BCUT2D eigenvalue weighted by Crippen LogP contribution is -2.61. The topological polar surface area (TPSA) is 138 Å². The van der Waals surface area contributed by atoms with Crippen LogP contribution in [0.15, 0.2) is 11.6 Å². The SMILES string of the molecule is CCC1OC(=O)[C@@](C)(F)C(=O)[C@H](C)[C@@H](OC2O[C@H](C)C[C@H](N(C)C)[C@H]2OC(=O)I)C(C)(OC)C[C@@H](C)C(=O)/C(C)=C/[C@@H]1O. The molecule has 0 spiro atoms. The van der Waals surface area contributed by atoms with Gasteiger partial charge in [-0.15, -0.1) is 0 Å². The quantitative estimate of drug-likeness (QED) is 0.184. The number of esters is 1. The van der Waals surface area contributed by atoms with Crippen LogP contribution in [0.25, 0.3) is 0 Å². The van der Waals surface area contributed by atoms with Crippen molar-refractivity contribution in [1.82, 2.24) is 4.90 Å². The minimum absolute atomic E-state index is 0.0205. The number of aliphatic hydroxyl groups excluding tert-OH is 1. The van der Waals surface area contributed by atoms with Crippen LogP contribution >= 0.6 is 22.6 Å². The molecule has 0 saturated carbocycles. The van der Waals surface area contributed by atoms with E-state index in [2.05, 4.69) is 0 Å². The molecule has 0 aromatic rings. The van der Waals surface area contributed by atoms with E-state index >= 15 is 4.39 Å². The van der Waals surface area contributed by atoms with Crippen molar-refractivity contribution in [1.29, 1.82) is 0 Å². The van der Waals surface area contributed by atoms with Crippen LogP contribution in [0.4, 0.5) is 9.18 Å². The number of carbonyl (C=O) groups is 4. The molecule has 1 saturated heterocycles. The Kier molecular flexibility index (Phi) is 13.3. The Bertz CT molecular complexity index is 1070. The molecule has 43 heavy (non-hydrogen) atoms. The second-order valence-corrected chi connectivity index (χ2v) is 13.2. The lowest BCUT2D eigenvalue weighted by atomic mass is 9.76. The van der Waals surface area contributed by atoms with Gasteiger partial charge < -0.3 is 33.7 Å². The van der Waals surface area contributed by atoms with E-state index in [9.17, 15) is 24.3 Å². The Morgan fingerprint density at radius 1 is 1.21 bits per heavy atom. The van der Waals surface area contributed by atoms with E-state index in [1.54, 1.807) is 20.8 Å². The summed E-state index contributed by atoms with van der Waals surface area (Å²) in [6.07, 6.45) is -4.42. The molecule has 0 amide bonds. The third-order valence-electron chi connectivity index (χ3n) is 8.55. The van der Waals surface area contributed by atoms with Crippen LogP contribution in [0.2, 0.25) is 0 Å². The van der Waals surface area contributed by atoms with Crippen molar-refractivity contribution in [3.05, 3.63) is 11.6 Å². The Morgan fingerprint density at radius 2 is 1.81 bits per heavy atom. The molecule has 11 nitrogen and oxygen atoms in total. The smallest absolute Gasteiger partial charge is 0.367 e. The van der Waals surface area contributed by atoms with E-state index < -0.39 is 69.5 Å². The summed E-state index contributed by atoms with van der Waals surface area (Å²) in [6.45, 7) is 10.5. The van der Waals surface area contributed by atoms with Gasteiger partial charge in [-0.05, 0) is 72.7 Å². The van der Waals surface area contributed by atoms with Gasteiger partial charge in [0.2, 0.25) is 0 Å². The summed E-state index contributed by atoms with van der Waals surface area (Å²) in [5.41, 5.74) is -4.30. The first-order chi connectivity index (χ1) is 19.8. The average molecular weight is 728 g/mol. The standard InChI is InChI=1S/C30H47FINO10/c1-11-21-20(34)12-15(2)22(35)16(3)14-29(6,39-10)25(18(5)24(36)30(7,31)27(37)41-21)43-26-23(42-28(32)38)19(33(8)9)13-17(4)40-26/h12,16-21,23,25-26,34H,11,13-14H2,1-10H3/b15-12+/t16-,17-,18+,19+,20+,21?,23-,25-,26?,29?,30+/m1/s1. The second kappa shape index (κ2) is 15.2. The number of methoxy groups -OCH3 is 1. The molecule has 2 heterocycles. The molecule has 11 atom stereocenters. The second-order valence-electron chi connectivity index (χ2n) is 12.3. The maximum absolute atomic E-state index is 16.1. The largest absolute Gasteiger partial charge is 0.457 e. The minimum atomic E-state index is -3.12. The number of carbonyl (C=O) groups excluding carboxylic acids is 4. The van der Waals surface area contributed by atoms with E-state index in [0.717, 1.165) is 6.92 Å². The Morgan fingerprint density at radius 3 is 2.33 bits per heavy atom.